The van der Waals surface area contributed by atoms with Crippen LogP contribution in [0.2, 0.25) is 0 Å². The summed E-state index contributed by atoms with van der Waals surface area (Å²) in [5.41, 5.74) is 0. The van der Waals surface area contributed by atoms with Gasteiger partial charge in [0.2, 0.25) is 0 Å². The molecular formula is C24H50O. The zero-order chi connectivity index (χ0) is 18.3. The topological polar surface area (TPSA) is 9.23 Å². The molecule has 0 aliphatic carbocycles. The summed E-state index contributed by atoms with van der Waals surface area (Å²) in [6, 6.07) is 0. The molecule has 152 valence electrons. The van der Waals surface area contributed by atoms with Crippen LogP contribution in [-0.4, -0.2) is 13.2 Å². The second-order valence-corrected chi connectivity index (χ2v) is 7.98. The molecule has 0 rings (SSSR count). The third-order valence-corrected chi connectivity index (χ3v) is 5.28. The van der Waals surface area contributed by atoms with Crippen molar-refractivity contribution >= 4 is 0 Å². The lowest BCUT2D eigenvalue weighted by atomic mass is 10.0. The first-order valence-corrected chi connectivity index (χ1v) is 12.0. The van der Waals surface area contributed by atoms with Gasteiger partial charge in [-0.3, -0.25) is 0 Å². The third kappa shape index (κ3) is 24.0. The number of rotatable bonds is 22. The van der Waals surface area contributed by atoms with Crippen LogP contribution in [-0.2, 0) is 4.74 Å². The number of ether oxygens (including phenoxy) is 1. The van der Waals surface area contributed by atoms with Gasteiger partial charge in [-0.25, -0.2) is 0 Å². The van der Waals surface area contributed by atoms with Crippen molar-refractivity contribution in [3.05, 3.63) is 0 Å². The molecule has 0 bridgehead atoms. The van der Waals surface area contributed by atoms with Crippen molar-refractivity contribution in [1.29, 1.82) is 0 Å². The van der Waals surface area contributed by atoms with E-state index in [-0.39, 0.29) is 0 Å². The minimum absolute atomic E-state index is 0.985. The van der Waals surface area contributed by atoms with E-state index >= 15 is 0 Å². The van der Waals surface area contributed by atoms with E-state index in [1.807, 2.05) is 0 Å². The van der Waals surface area contributed by atoms with E-state index in [1.54, 1.807) is 0 Å². The molecule has 0 N–H and O–H groups in total. The van der Waals surface area contributed by atoms with E-state index in [1.165, 1.54) is 128 Å². The molecular weight excluding hydrogens is 304 g/mol. The number of unbranched alkanes of at least 4 members (excludes halogenated alkanes) is 18. The summed E-state index contributed by atoms with van der Waals surface area (Å²) < 4.78 is 5.70. The molecule has 0 aromatic heterocycles. The quantitative estimate of drug-likeness (QED) is 0.176. The summed E-state index contributed by atoms with van der Waals surface area (Å²) >= 11 is 0. The summed E-state index contributed by atoms with van der Waals surface area (Å²) in [5, 5.41) is 0. The average molecular weight is 355 g/mol. The summed E-state index contributed by atoms with van der Waals surface area (Å²) in [5.74, 6) is 0. The lowest BCUT2D eigenvalue weighted by Gasteiger charge is -2.05. The highest BCUT2D eigenvalue weighted by Crippen LogP contribution is 2.13. The molecule has 1 heteroatoms. The molecule has 0 aromatic carbocycles. The molecule has 25 heavy (non-hydrogen) atoms. The fraction of sp³-hybridized carbons (Fsp3) is 1.00. The van der Waals surface area contributed by atoms with Crippen LogP contribution < -0.4 is 0 Å². The van der Waals surface area contributed by atoms with E-state index in [9.17, 15) is 0 Å². The Morgan fingerprint density at radius 1 is 0.320 bits per heavy atom. The molecule has 0 heterocycles. The van der Waals surface area contributed by atoms with Crippen LogP contribution in [0.4, 0.5) is 0 Å². The highest BCUT2D eigenvalue weighted by Gasteiger charge is 1.95. The van der Waals surface area contributed by atoms with E-state index in [4.69, 9.17) is 4.74 Å². The highest BCUT2D eigenvalue weighted by atomic mass is 16.5. The predicted octanol–water partition coefficient (Wildman–Crippen LogP) is 8.84. The van der Waals surface area contributed by atoms with Crippen molar-refractivity contribution in [2.45, 2.75) is 142 Å². The van der Waals surface area contributed by atoms with Crippen LogP contribution in [0.3, 0.4) is 0 Å². The van der Waals surface area contributed by atoms with E-state index in [0.717, 1.165) is 13.2 Å². The summed E-state index contributed by atoms with van der Waals surface area (Å²) in [7, 11) is 0. The molecule has 0 radical (unpaired) electrons. The maximum Gasteiger partial charge on any atom is 0.0466 e. The maximum atomic E-state index is 5.70. The first-order valence-electron chi connectivity index (χ1n) is 12.0. The largest absolute Gasteiger partial charge is 0.381 e. The first-order chi connectivity index (χ1) is 12.4. The van der Waals surface area contributed by atoms with Crippen molar-refractivity contribution in [2.24, 2.45) is 0 Å². The Labute approximate surface area is 160 Å². The summed E-state index contributed by atoms with van der Waals surface area (Å²) in [6.45, 7) is 6.53. The minimum atomic E-state index is 0.985. The van der Waals surface area contributed by atoms with Crippen molar-refractivity contribution < 1.29 is 4.74 Å². The lowest BCUT2D eigenvalue weighted by molar-refractivity contribution is 0.125. The molecule has 1 nitrogen and oxygen atoms in total. The Hall–Kier alpha value is -0.0400. The molecule has 0 unspecified atom stereocenters. The van der Waals surface area contributed by atoms with Crippen molar-refractivity contribution in [3.8, 4) is 0 Å². The Morgan fingerprint density at radius 3 is 0.880 bits per heavy atom. The summed E-state index contributed by atoms with van der Waals surface area (Å²) in [6.07, 6.45) is 28.3. The van der Waals surface area contributed by atoms with Gasteiger partial charge in [-0.2, -0.15) is 0 Å². The second-order valence-electron chi connectivity index (χ2n) is 7.98. The first kappa shape index (κ1) is 25.0. The monoisotopic (exact) mass is 354 g/mol. The fourth-order valence-corrected chi connectivity index (χ4v) is 3.49. The molecule has 0 saturated carbocycles. The van der Waals surface area contributed by atoms with Gasteiger partial charge >= 0.3 is 0 Å². The molecule has 0 amide bonds. The van der Waals surface area contributed by atoms with Crippen molar-refractivity contribution in [1.82, 2.24) is 0 Å². The predicted molar refractivity (Wildman–Crippen MR) is 115 cm³/mol. The van der Waals surface area contributed by atoms with Gasteiger partial charge < -0.3 is 4.74 Å². The third-order valence-electron chi connectivity index (χ3n) is 5.28. The van der Waals surface area contributed by atoms with Gasteiger partial charge in [0.1, 0.15) is 0 Å². The maximum absolute atomic E-state index is 5.70. The van der Waals surface area contributed by atoms with Gasteiger partial charge in [0.05, 0.1) is 0 Å². The van der Waals surface area contributed by atoms with Gasteiger partial charge in [0.15, 0.2) is 0 Å². The van der Waals surface area contributed by atoms with Crippen LogP contribution in [0.5, 0.6) is 0 Å². The molecule has 0 aliphatic rings. The molecule has 0 saturated heterocycles. The lowest BCUT2D eigenvalue weighted by Crippen LogP contribution is -1.97. The fourth-order valence-electron chi connectivity index (χ4n) is 3.49. The zero-order valence-corrected chi connectivity index (χ0v) is 18.0. The molecule has 0 aliphatic heterocycles. The summed E-state index contributed by atoms with van der Waals surface area (Å²) in [4.78, 5) is 0. The molecule has 0 fully saturated rings. The van der Waals surface area contributed by atoms with Crippen molar-refractivity contribution in [2.75, 3.05) is 13.2 Å². The van der Waals surface area contributed by atoms with Gasteiger partial charge in [-0.1, -0.05) is 129 Å². The molecule has 0 spiro atoms. The standard InChI is InChI=1S/C24H50O/c1-3-5-7-9-10-11-12-13-14-15-16-17-18-19-20-22-24-25-23-21-8-6-4-2/h3-24H2,1-2H3. The van der Waals surface area contributed by atoms with Gasteiger partial charge in [-0.05, 0) is 12.8 Å². The number of hydrogen-bond acceptors (Lipinski definition) is 1. The normalized spacial score (nSPS) is 11.3. The Kier molecular flexibility index (Phi) is 23.9. The van der Waals surface area contributed by atoms with Crippen LogP contribution in [0.15, 0.2) is 0 Å². The second kappa shape index (κ2) is 24.0. The van der Waals surface area contributed by atoms with E-state index < -0.39 is 0 Å². The highest BCUT2D eigenvalue weighted by molar-refractivity contribution is 4.50. The Balaban J connectivity index is 2.94. The smallest absolute Gasteiger partial charge is 0.0466 e. The van der Waals surface area contributed by atoms with Gasteiger partial charge in [0, 0.05) is 13.2 Å². The number of hydrogen-bond donors (Lipinski definition) is 0. The Bertz CT molecular complexity index is 192. The Morgan fingerprint density at radius 2 is 0.560 bits per heavy atom. The van der Waals surface area contributed by atoms with Crippen LogP contribution in [0.1, 0.15) is 142 Å². The van der Waals surface area contributed by atoms with E-state index in [0.29, 0.717) is 0 Å². The zero-order valence-electron chi connectivity index (χ0n) is 18.0. The molecule has 0 atom stereocenters. The van der Waals surface area contributed by atoms with Crippen LogP contribution in [0, 0.1) is 0 Å². The minimum Gasteiger partial charge on any atom is -0.381 e. The SMILES string of the molecule is CCCCCCCCCCCCCCCCCCOCCCCCC. The van der Waals surface area contributed by atoms with Crippen LogP contribution in [0.25, 0.3) is 0 Å². The van der Waals surface area contributed by atoms with Gasteiger partial charge in [-0.15, -0.1) is 0 Å². The molecule has 0 aromatic rings. The van der Waals surface area contributed by atoms with Crippen molar-refractivity contribution in [3.63, 3.8) is 0 Å². The van der Waals surface area contributed by atoms with Gasteiger partial charge in [0.25, 0.3) is 0 Å². The van der Waals surface area contributed by atoms with Crippen LogP contribution >= 0.6 is 0 Å². The van der Waals surface area contributed by atoms with E-state index in [2.05, 4.69) is 13.8 Å². The average Bonchev–Trinajstić information content (AvgIpc) is 2.63.